The molecule has 2 saturated heterocycles. The van der Waals surface area contributed by atoms with Crippen molar-refractivity contribution in [2.45, 2.75) is 69.6 Å². The Morgan fingerprint density at radius 3 is 2.44 bits per heavy atom. The Kier molecular flexibility index (Phi) is 6.21. The molecule has 0 spiro atoms. The molecule has 2 aliphatic heterocycles. The van der Waals surface area contributed by atoms with Crippen molar-refractivity contribution in [3.8, 4) is 0 Å². The van der Waals surface area contributed by atoms with Crippen LogP contribution in [0.15, 0.2) is 48.5 Å². The van der Waals surface area contributed by atoms with Gasteiger partial charge in [-0.2, -0.15) is 0 Å². The van der Waals surface area contributed by atoms with Crippen molar-refractivity contribution in [1.82, 2.24) is 9.80 Å². The van der Waals surface area contributed by atoms with E-state index in [4.69, 9.17) is 4.74 Å². The lowest BCUT2D eigenvalue weighted by Crippen LogP contribution is -2.50. The molecule has 1 amide bonds. The molecule has 1 saturated carbocycles. The topological polar surface area (TPSA) is 36.0 Å². The molecule has 180 valence electrons. The normalized spacial score (nSPS) is 25.3. The number of rotatable bonds is 4. The SMILES string of the molecule is O=C(OCc1ccccc1)N1CC[C@H]2CC1c1cc(N3CCN(C4CCCCC4)CC3)ccc12. The number of hydrogen-bond acceptors (Lipinski definition) is 4. The van der Waals surface area contributed by atoms with Crippen molar-refractivity contribution in [3.05, 3.63) is 65.2 Å². The second-order valence-electron chi connectivity index (χ2n) is 10.6. The summed E-state index contributed by atoms with van der Waals surface area (Å²) in [6.07, 6.45) is 8.90. The Balaban J connectivity index is 1.12. The van der Waals surface area contributed by atoms with Gasteiger partial charge >= 0.3 is 6.09 Å². The number of fused-ring (bicyclic) bond motifs is 5. The van der Waals surface area contributed by atoms with Crippen molar-refractivity contribution in [3.63, 3.8) is 0 Å². The van der Waals surface area contributed by atoms with Crippen molar-refractivity contribution in [1.29, 1.82) is 0 Å². The average molecular weight is 460 g/mol. The number of nitrogens with zero attached hydrogens (tertiary/aromatic N) is 3. The summed E-state index contributed by atoms with van der Waals surface area (Å²) in [5, 5.41) is 0. The first-order chi connectivity index (χ1) is 16.8. The van der Waals surface area contributed by atoms with E-state index in [0.717, 1.165) is 44.1 Å². The van der Waals surface area contributed by atoms with Crippen LogP contribution in [0.3, 0.4) is 0 Å². The van der Waals surface area contributed by atoms with E-state index >= 15 is 0 Å². The molecule has 2 atom stereocenters. The molecule has 2 aromatic rings. The van der Waals surface area contributed by atoms with Crippen molar-refractivity contribution in [2.24, 2.45) is 0 Å². The van der Waals surface area contributed by atoms with Crippen molar-refractivity contribution < 1.29 is 9.53 Å². The van der Waals surface area contributed by atoms with E-state index in [1.54, 1.807) is 0 Å². The summed E-state index contributed by atoms with van der Waals surface area (Å²) < 4.78 is 5.72. The molecule has 5 nitrogen and oxygen atoms in total. The lowest BCUT2D eigenvalue weighted by atomic mass is 9.93. The lowest BCUT2D eigenvalue weighted by Gasteiger charge is -2.41. The number of benzene rings is 2. The second-order valence-corrected chi connectivity index (χ2v) is 10.6. The monoisotopic (exact) mass is 459 g/mol. The molecule has 1 unspecified atom stereocenters. The van der Waals surface area contributed by atoms with Gasteiger partial charge in [-0.25, -0.2) is 4.79 Å². The fourth-order valence-electron chi connectivity index (χ4n) is 6.77. The van der Waals surface area contributed by atoms with Gasteiger partial charge in [0, 0.05) is 44.5 Å². The van der Waals surface area contributed by atoms with Gasteiger partial charge in [-0.1, -0.05) is 55.7 Å². The molecule has 2 aromatic carbocycles. The zero-order valence-corrected chi connectivity index (χ0v) is 20.2. The molecule has 0 N–H and O–H groups in total. The van der Waals surface area contributed by atoms with Crippen LogP contribution in [0, 0.1) is 0 Å². The number of likely N-dealkylation sites (tertiary alicyclic amines) is 1. The van der Waals surface area contributed by atoms with E-state index in [1.807, 2.05) is 35.2 Å². The van der Waals surface area contributed by atoms with Gasteiger partial charge in [0.05, 0.1) is 6.04 Å². The van der Waals surface area contributed by atoms with Crippen LogP contribution < -0.4 is 4.90 Å². The molecule has 0 aromatic heterocycles. The smallest absolute Gasteiger partial charge is 0.410 e. The highest BCUT2D eigenvalue weighted by atomic mass is 16.6. The third-order valence-corrected chi connectivity index (χ3v) is 8.68. The zero-order valence-electron chi connectivity index (χ0n) is 20.2. The van der Waals surface area contributed by atoms with Crippen LogP contribution in [0.4, 0.5) is 10.5 Å². The minimum atomic E-state index is -0.174. The maximum absolute atomic E-state index is 13.0. The number of carbonyl (C=O) groups excluding carboxylic acids is 1. The molecule has 3 fully saturated rings. The Morgan fingerprint density at radius 2 is 1.65 bits per heavy atom. The van der Waals surface area contributed by atoms with Crippen molar-refractivity contribution >= 4 is 11.8 Å². The molecule has 2 bridgehead atoms. The fraction of sp³-hybridized carbons (Fsp3) is 0.552. The Hall–Kier alpha value is -2.53. The summed E-state index contributed by atoms with van der Waals surface area (Å²) in [7, 11) is 0. The minimum Gasteiger partial charge on any atom is -0.445 e. The Bertz CT molecular complexity index is 996. The number of anilines is 1. The second kappa shape index (κ2) is 9.61. The number of hydrogen-bond donors (Lipinski definition) is 0. The predicted octanol–water partition coefficient (Wildman–Crippen LogP) is 5.71. The van der Waals surface area contributed by atoms with E-state index in [9.17, 15) is 4.79 Å². The summed E-state index contributed by atoms with van der Waals surface area (Å²) in [5.41, 5.74) is 5.17. The van der Waals surface area contributed by atoms with Gasteiger partial charge in [0.2, 0.25) is 0 Å². The maximum Gasteiger partial charge on any atom is 0.410 e. The van der Waals surface area contributed by atoms with Gasteiger partial charge in [0.25, 0.3) is 0 Å². The highest BCUT2D eigenvalue weighted by Crippen LogP contribution is 2.50. The predicted molar refractivity (Wildman–Crippen MR) is 135 cm³/mol. The maximum atomic E-state index is 13.0. The summed E-state index contributed by atoms with van der Waals surface area (Å²) >= 11 is 0. The summed E-state index contributed by atoms with van der Waals surface area (Å²) in [4.78, 5) is 20.3. The molecule has 2 heterocycles. The summed E-state index contributed by atoms with van der Waals surface area (Å²) in [6.45, 7) is 5.67. The van der Waals surface area contributed by atoms with Gasteiger partial charge in [0.15, 0.2) is 0 Å². The molecule has 4 aliphatic rings. The van der Waals surface area contributed by atoms with Crippen LogP contribution in [0.1, 0.15) is 73.6 Å². The van der Waals surface area contributed by atoms with Crippen LogP contribution in [-0.4, -0.2) is 54.7 Å². The molecular weight excluding hydrogens is 422 g/mol. The molecule has 6 rings (SSSR count). The van der Waals surface area contributed by atoms with E-state index < -0.39 is 0 Å². The van der Waals surface area contributed by atoms with Crippen molar-refractivity contribution in [2.75, 3.05) is 37.6 Å². The lowest BCUT2D eigenvalue weighted by molar-refractivity contribution is 0.0694. The van der Waals surface area contributed by atoms with E-state index in [-0.39, 0.29) is 12.1 Å². The summed E-state index contributed by atoms with van der Waals surface area (Å²) in [6, 6.07) is 18.0. The zero-order chi connectivity index (χ0) is 22.9. The first-order valence-corrected chi connectivity index (χ1v) is 13.4. The van der Waals surface area contributed by atoms with Gasteiger partial charge in [0.1, 0.15) is 6.61 Å². The van der Waals surface area contributed by atoms with Gasteiger partial charge in [-0.15, -0.1) is 0 Å². The molecule has 0 radical (unpaired) electrons. The molecule has 5 heteroatoms. The Labute approximate surface area is 203 Å². The molecular formula is C29H37N3O2. The van der Waals surface area contributed by atoms with Crippen LogP contribution in [-0.2, 0) is 11.3 Å². The van der Waals surface area contributed by atoms with Crippen LogP contribution in [0.2, 0.25) is 0 Å². The number of ether oxygens (including phenoxy) is 1. The third kappa shape index (κ3) is 4.31. The van der Waals surface area contributed by atoms with E-state index in [0.29, 0.717) is 12.5 Å². The van der Waals surface area contributed by atoms with Gasteiger partial charge in [-0.3, -0.25) is 4.90 Å². The number of amides is 1. The fourth-order valence-corrected chi connectivity index (χ4v) is 6.77. The first-order valence-electron chi connectivity index (χ1n) is 13.4. The third-order valence-electron chi connectivity index (χ3n) is 8.68. The number of piperidine rings is 1. The standard InChI is InChI=1S/C29H37N3O2/c33-29(34-21-22-7-3-1-4-8-22)32-14-13-23-19-28(32)27-20-25(11-12-26(23)27)31-17-15-30(16-18-31)24-9-5-2-6-10-24/h1,3-4,7-8,11-12,20,23-24,28H,2,5-6,9-10,13-19,21H2/t23-,28?/m0/s1. The highest BCUT2D eigenvalue weighted by molar-refractivity contribution is 5.70. The minimum absolute atomic E-state index is 0.153. The van der Waals surface area contributed by atoms with Crippen LogP contribution in [0.5, 0.6) is 0 Å². The van der Waals surface area contributed by atoms with E-state index in [1.165, 1.54) is 62.0 Å². The molecule has 2 aliphatic carbocycles. The van der Waals surface area contributed by atoms with Crippen LogP contribution >= 0.6 is 0 Å². The Morgan fingerprint density at radius 1 is 0.853 bits per heavy atom. The first kappa shape index (κ1) is 22.0. The molecule has 34 heavy (non-hydrogen) atoms. The number of carbonyl (C=O) groups is 1. The van der Waals surface area contributed by atoms with Gasteiger partial charge in [-0.05, 0) is 60.4 Å². The largest absolute Gasteiger partial charge is 0.445 e. The average Bonchev–Trinajstić information content (AvgIpc) is 3.19. The van der Waals surface area contributed by atoms with Gasteiger partial charge < -0.3 is 14.5 Å². The number of piperazine rings is 1. The van der Waals surface area contributed by atoms with E-state index in [2.05, 4.69) is 28.0 Å². The highest BCUT2D eigenvalue weighted by Gasteiger charge is 2.41. The quantitative estimate of drug-likeness (QED) is 0.587. The van der Waals surface area contributed by atoms with Crippen LogP contribution in [0.25, 0.3) is 0 Å². The summed E-state index contributed by atoms with van der Waals surface area (Å²) in [5.74, 6) is 0.579.